The Labute approximate surface area is 121 Å². The average molecular weight is 289 g/mol. The second-order valence-electron chi connectivity index (χ2n) is 5.19. The van der Waals surface area contributed by atoms with Crippen LogP contribution in [0.25, 0.3) is 0 Å². The van der Waals surface area contributed by atoms with Crippen molar-refractivity contribution in [3.63, 3.8) is 0 Å². The largest absolute Gasteiger partial charge is 0.289 e. The van der Waals surface area contributed by atoms with Gasteiger partial charge in [-0.15, -0.1) is 5.10 Å². The fourth-order valence-corrected chi connectivity index (χ4v) is 2.56. The van der Waals surface area contributed by atoms with E-state index in [9.17, 15) is 9.18 Å². The second-order valence-corrected chi connectivity index (χ2v) is 5.19. The van der Waals surface area contributed by atoms with Crippen LogP contribution in [0.3, 0.4) is 0 Å². The summed E-state index contributed by atoms with van der Waals surface area (Å²) in [5, 5.41) is 6.84. The number of aromatic nitrogens is 4. The summed E-state index contributed by atoms with van der Waals surface area (Å²) in [5.41, 5.74) is 0.143. The Balaban J connectivity index is 1.68. The number of nitrogens with zero attached hydrogens (tertiary/aromatic N) is 4. The first-order valence-corrected chi connectivity index (χ1v) is 7.05. The third kappa shape index (κ3) is 3.24. The Morgan fingerprint density at radius 1 is 1.29 bits per heavy atom. The molecule has 21 heavy (non-hydrogen) atoms. The lowest BCUT2D eigenvalue weighted by atomic mass is 9.96. The number of hydrogen-bond donors (Lipinski definition) is 1. The SMILES string of the molecule is O=C(Nc1ncn(C2CCCCC2)n1)c1cncc(F)c1. The summed E-state index contributed by atoms with van der Waals surface area (Å²) in [6.07, 6.45) is 9.82. The van der Waals surface area contributed by atoms with Crippen LogP contribution in [0.5, 0.6) is 0 Å². The van der Waals surface area contributed by atoms with E-state index in [4.69, 9.17) is 0 Å². The van der Waals surface area contributed by atoms with Gasteiger partial charge in [-0.1, -0.05) is 19.3 Å². The third-order valence-electron chi connectivity index (χ3n) is 3.65. The van der Waals surface area contributed by atoms with Gasteiger partial charge in [0.15, 0.2) is 0 Å². The van der Waals surface area contributed by atoms with Crippen molar-refractivity contribution >= 4 is 11.9 Å². The van der Waals surface area contributed by atoms with Crippen molar-refractivity contribution in [2.45, 2.75) is 38.1 Å². The number of carbonyl (C=O) groups excluding carboxylic acids is 1. The average Bonchev–Trinajstić information content (AvgIpc) is 2.97. The van der Waals surface area contributed by atoms with Crippen molar-refractivity contribution in [2.24, 2.45) is 0 Å². The summed E-state index contributed by atoms with van der Waals surface area (Å²) in [6, 6.07) is 1.48. The molecule has 0 spiro atoms. The van der Waals surface area contributed by atoms with Gasteiger partial charge in [-0.2, -0.15) is 0 Å². The number of carbonyl (C=O) groups is 1. The number of nitrogens with one attached hydrogen (secondary N) is 1. The van der Waals surface area contributed by atoms with E-state index in [-0.39, 0.29) is 11.5 Å². The third-order valence-corrected chi connectivity index (χ3v) is 3.65. The molecule has 0 bridgehead atoms. The fourth-order valence-electron chi connectivity index (χ4n) is 2.56. The summed E-state index contributed by atoms with van der Waals surface area (Å²) in [5.74, 6) is -0.790. The topological polar surface area (TPSA) is 72.7 Å². The van der Waals surface area contributed by atoms with Crippen molar-refractivity contribution in [2.75, 3.05) is 5.32 Å². The zero-order chi connectivity index (χ0) is 14.7. The van der Waals surface area contributed by atoms with Crippen LogP contribution in [0.4, 0.5) is 10.3 Å². The number of halogens is 1. The lowest BCUT2D eigenvalue weighted by molar-refractivity contribution is 0.102. The highest BCUT2D eigenvalue weighted by molar-refractivity contribution is 6.03. The van der Waals surface area contributed by atoms with E-state index in [1.807, 2.05) is 0 Å². The van der Waals surface area contributed by atoms with Gasteiger partial charge < -0.3 is 0 Å². The van der Waals surface area contributed by atoms with Gasteiger partial charge in [-0.3, -0.25) is 15.1 Å². The van der Waals surface area contributed by atoms with Gasteiger partial charge >= 0.3 is 0 Å². The number of anilines is 1. The second kappa shape index (κ2) is 5.99. The molecule has 0 unspecified atom stereocenters. The molecule has 1 saturated carbocycles. The lowest BCUT2D eigenvalue weighted by Crippen LogP contribution is -2.16. The van der Waals surface area contributed by atoms with E-state index in [0.29, 0.717) is 6.04 Å². The molecule has 1 aliphatic rings. The maximum atomic E-state index is 13.0. The molecule has 6 nitrogen and oxygen atoms in total. The molecule has 2 heterocycles. The highest BCUT2D eigenvalue weighted by Gasteiger charge is 2.17. The first-order chi connectivity index (χ1) is 10.2. The predicted molar refractivity (Wildman–Crippen MR) is 74.3 cm³/mol. The lowest BCUT2D eigenvalue weighted by Gasteiger charge is -2.21. The standard InChI is InChI=1S/C14H16FN5O/c15-11-6-10(7-16-8-11)13(21)18-14-17-9-20(19-14)12-4-2-1-3-5-12/h6-9,12H,1-5H2,(H,18,19,21). The number of rotatable bonds is 3. The van der Waals surface area contributed by atoms with E-state index in [1.54, 1.807) is 11.0 Å². The van der Waals surface area contributed by atoms with Crippen LogP contribution < -0.4 is 5.32 Å². The van der Waals surface area contributed by atoms with Gasteiger partial charge in [-0.05, 0) is 18.9 Å². The summed E-state index contributed by atoms with van der Waals surface area (Å²) >= 11 is 0. The first-order valence-electron chi connectivity index (χ1n) is 7.05. The van der Waals surface area contributed by atoms with Crippen LogP contribution >= 0.6 is 0 Å². The van der Waals surface area contributed by atoms with Crippen LogP contribution in [0.1, 0.15) is 48.5 Å². The smallest absolute Gasteiger partial charge is 0.259 e. The number of pyridine rings is 1. The molecule has 0 atom stereocenters. The van der Waals surface area contributed by atoms with E-state index in [0.717, 1.165) is 25.1 Å². The van der Waals surface area contributed by atoms with Crippen LogP contribution in [0.2, 0.25) is 0 Å². The van der Waals surface area contributed by atoms with Gasteiger partial charge in [-0.25, -0.2) is 14.1 Å². The zero-order valence-corrected chi connectivity index (χ0v) is 11.5. The minimum absolute atomic E-state index is 0.143. The van der Waals surface area contributed by atoms with Gasteiger partial charge in [0.05, 0.1) is 17.8 Å². The first kappa shape index (κ1) is 13.7. The predicted octanol–water partition coefficient (Wildman–Crippen LogP) is 2.57. The molecular weight excluding hydrogens is 273 g/mol. The van der Waals surface area contributed by atoms with Gasteiger partial charge in [0.1, 0.15) is 12.1 Å². The molecule has 0 saturated heterocycles. The normalized spacial score (nSPS) is 15.9. The molecule has 1 N–H and O–H groups in total. The van der Waals surface area contributed by atoms with Crippen LogP contribution in [0.15, 0.2) is 24.8 Å². The zero-order valence-electron chi connectivity index (χ0n) is 11.5. The number of amides is 1. The van der Waals surface area contributed by atoms with Crippen molar-refractivity contribution < 1.29 is 9.18 Å². The highest BCUT2D eigenvalue weighted by atomic mass is 19.1. The van der Waals surface area contributed by atoms with E-state index in [2.05, 4.69) is 20.4 Å². The summed E-state index contributed by atoms with van der Waals surface area (Å²) in [6.45, 7) is 0. The summed E-state index contributed by atoms with van der Waals surface area (Å²) in [7, 11) is 0. The van der Waals surface area contributed by atoms with Gasteiger partial charge in [0.25, 0.3) is 5.91 Å². The van der Waals surface area contributed by atoms with E-state index < -0.39 is 11.7 Å². The van der Waals surface area contributed by atoms with E-state index >= 15 is 0 Å². The maximum Gasteiger partial charge on any atom is 0.259 e. The fraction of sp³-hybridized carbons (Fsp3) is 0.429. The molecule has 2 aromatic rings. The van der Waals surface area contributed by atoms with Crippen molar-refractivity contribution in [3.8, 4) is 0 Å². The summed E-state index contributed by atoms with van der Waals surface area (Å²) in [4.78, 5) is 19.7. The Morgan fingerprint density at radius 3 is 2.86 bits per heavy atom. The van der Waals surface area contributed by atoms with Gasteiger partial charge in [0, 0.05) is 6.20 Å². The molecule has 0 aromatic carbocycles. The molecule has 0 aliphatic heterocycles. The molecule has 0 radical (unpaired) electrons. The Bertz CT molecular complexity index is 636. The quantitative estimate of drug-likeness (QED) is 0.942. The Hall–Kier alpha value is -2.31. The molecule has 3 rings (SSSR count). The molecule has 110 valence electrons. The highest BCUT2D eigenvalue weighted by Crippen LogP contribution is 2.27. The molecule has 2 aromatic heterocycles. The minimum atomic E-state index is -0.552. The van der Waals surface area contributed by atoms with E-state index in [1.165, 1.54) is 25.5 Å². The van der Waals surface area contributed by atoms with Crippen LogP contribution in [-0.4, -0.2) is 25.7 Å². The molecule has 7 heteroatoms. The molecule has 1 aliphatic carbocycles. The van der Waals surface area contributed by atoms with Crippen molar-refractivity contribution in [1.29, 1.82) is 0 Å². The molecule has 1 amide bonds. The minimum Gasteiger partial charge on any atom is -0.289 e. The molecule has 1 fully saturated rings. The summed E-state index contributed by atoms with van der Waals surface area (Å²) < 4.78 is 14.8. The van der Waals surface area contributed by atoms with Crippen molar-refractivity contribution in [3.05, 3.63) is 36.2 Å². The number of hydrogen-bond acceptors (Lipinski definition) is 4. The molecular formula is C14H16FN5O. The van der Waals surface area contributed by atoms with Gasteiger partial charge in [0.2, 0.25) is 5.95 Å². The Morgan fingerprint density at radius 2 is 2.10 bits per heavy atom. The Kier molecular flexibility index (Phi) is 3.89. The van der Waals surface area contributed by atoms with Crippen LogP contribution in [0, 0.1) is 5.82 Å². The van der Waals surface area contributed by atoms with Crippen LogP contribution in [-0.2, 0) is 0 Å². The monoisotopic (exact) mass is 289 g/mol. The van der Waals surface area contributed by atoms with Crippen molar-refractivity contribution in [1.82, 2.24) is 19.7 Å². The maximum absolute atomic E-state index is 13.0.